The zero-order valence-electron chi connectivity index (χ0n) is 10.5. The maximum Gasteiger partial charge on any atom is 0.0345 e. The van der Waals surface area contributed by atoms with Crippen LogP contribution in [-0.2, 0) is 0 Å². The summed E-state index contributed by atoms with van der Waals surface area (Å²) in [5.74, 6) is 0. The highest BCUT2D eigenvalue weighted by molar-refractivity contribution is 5.24. The molecule has 0 radical (unpaired) electrons. The van der Waals surface area contributed by atoms with Gasteiger partial charge < -0.3 is 0 Å². The van der Waals surface area contributed by atoms with Gasteiger partial charge in [-0.25, -0.2) is 0 Å². The average Bonchev–Trinajstić information content (AvgIpc) is 2.27. The minimum absolute atomic E-state index is 0.584. The zero-order valence-corrected chi connectivity index (χ0v) is 10.5. The lowest BCUT2D eigenvalue weighted by atomic mass is 10.0. The van der Waals surface area contributed by atoms with E-state index < -0.39 is 0 Å². The second kappa shape index (κ2) is 5.92. The van der Waals surface area contributed by atoms with Crippen LogP contribution in [0.1, 0.15) is 44.4 Å². The molecular formula is C14H23N. The van der Waals surface area contributed by atoms with Gasteiger partial charge in [0.25, 0.3) is 0 Å². The first kappa shape index (κ1) is 12.3. The molecule has 1 rings (SSSR count). The van der Waals surface area contributed by atoms with Crippen molar-refractivity contribution in [2.45, 2.75) is 40.2 Å². The van der Waals surface area contributed by atoms with E-state index in [-0.39, 0.29) is 0 Å². The SMILES string of the molecule is CCC(c1ccc(C)cc1)N(CC)CC. The Labute approximate surface area is 94.1 Å². The highest BCUT2D eigenvalue weighted by Crippen LogP contribution is 2.23. The van der Waals surface area contributed by atoms with E-state index in [9.17, 15) is 0 Å². The van der Waals surface area contributed by atoms with Crippen molar-refractivity contribution in [2.75, 3.05) is 13.1 Å². The molecule has 0 spiro atoms. The molecule has 1 aromatic rings. The standard InChI is InChI=1S/C14H23N/c1-5-14(15(6-2)7-3)13-10-8-12(4)9-11-13/h8-11,14H,5-7H2,1-4H3. The molecule has 0 bridgehead atoms. The van der Waals surface area contributed by atoms with Crippen molar-refractivity contribution >= 4 is 0 Å². The summed E-state index contributed by atoms with van der Waals surface area (Å²) in [4.78, 5) is 2.52. The van der Waals surface area contributed by atoms with E-state index in [2.05, 4.69) is 56.9 Å². The molecule has 0 aliphatic heterocycles. The lowest BCUT2D eigenvalue weighted by Gasteiger charge is -2.29. The Morgan fingerprint density at radius 1 is 1.00 bits per heavy atom. The fraction of sp³-hybridized carbons (Fsp3) is 0.571. The summed E-state index contributed by atoms with van der Waals surface area (Å²) in [6, 6.07) is 9.53. The highest BCUT2D eigenvalue weighted by Gasteiger charge is 2.14. The number of benzene rings is 1. The van der Waals surface area contributed by atoms with Crippen molar-refractivity contribution in [2.24, 2.45) is 0 Å². The lowest BCUT2D eigenvalue weighted by molar-refractivity contribution is 0.213. The maximum atomic E-state index is 2.52. The van der Waals surface area contributed by atoms with Crippen molar-refractivity contribution in [3.05, 3.63) is 35.4 Å². The molecule has 0 fully saturated rings. The van der Waals surface area contributed by atoms with Crippen LogP contribution >= 0.6 is 0 Å². The van der Waals surface area contributed by atoms with Crippen LogP contribution in [0.4, 0.5) is 0 Å². The molecule has 0 saturated heterocycles. The van der Waals surface area contributed by atoms with Crippen molar-refractivity contribution in [3.8, 4) is 0 Å². The average molecular weight is 205 g/mol. The fourth-order valence-corrected chi connectivity index (χ4v) is 2.16. The van der Waals surface area contributed by atoms with E-state index in [1.807, 2.05) is 0 Å². The highest BCUT2D eigenvalue weighted by atomic mass is 15.1. The first-order valence-corrected chi connectivity index (χ1v) is 6.03. The third kappa shape index (κ3) is 3.07. The minimum atomic E-state index is 0.584. The first-order valence-electron chi connectivity index (χ1n) is 6.03. The Hall–Kier alpha value is -0.820. The second-order valence-electron chi connectivity index (χ2n) is 4.06. The normalized spacial score (nSPS) is 13.1. The predicted octanol–water partition coefficient (Wildman–Crippen LogP) is 3.79. The molecule has 1 unspecified atom stereocenters. The maximum absolute atomic E-state index is 2.52. The van der Waals surface area contributed by atoms with E-state index in [0.717, 1.165) is 13.1 Å². The number of rotatable bonds is 5. The first-order chi connectivity index (χ1) is 7.22. The Morgan fingerprint density at radius 3 is 1.93 bits per heavy atom. The molecule has 0 aromatic heterocycles. The van der Waals surface area contributed by atoms with Gasteiger partial charge in [0.15, 0.2) is 0 Å². The van der Waals surface area contributed by atoms with Gasteiger partial charge in [-0.1, -0.05) is 50.6 Å². The molecule has 1 atom stereocenters. The van der Waals surface area contributed by atoms with Gasteiger partial charge in [0.05, 0.1) is 0 Å². The number of nitrogens with zero attached hydrogens (tertiary/aromatic N) is 1. The van der Waals surface area contributed by atoms with Gasteiger partial charge in [0.1, 0.15) is 0 Å². The van der Waals surface area contributed by atoms with Crippen molar-refractivity contribution < 1.29 is 0 Å². The minimum Gasteiger partial charge on any atom is -0.297 e. The topological polar surface area (TPSA) is 3.24 Å². The smallest absolute Gasteiger partial charge is 0.0345 e. The third-order valence-electron chi connectivity index (χ3n) is 3.10. The van der Waals surface area contributed by atoms with Crippen LogP contribution in [0.5, 0.6) is 0 Å². The summed E-state index contributed by atoms with van der Waals surface area (Å²) in [6.45, 7) is 11.1. The van der Waals surface area contributed by atoms with E-state index in [1.54, 1.807) is 0 Å². The summed E-state index contributed by atoms with van der Waals surface area (Å²) in [7, 11) is 0. The van der Waals surface area contributed by atoms with E-state index >= 15 is 0 Å². The molecule has 0 aliphatic carbocycles. The molecule has 84 valence electrons. The van der Waals surface area contributed by atoms with E-state index in [4.69, 9.17) is 0 Å². The summed E-state index contributed by atoms with van der Waals surface area (Å²) in [5.41, 5.74) is 2.79. The molecule has 0 saturated carbocycles. The van der Waals surface area contributed by atoms with Crippen molar-refractivity contribution in [1.82, 2.24) is 4.90 Å². The molecule has 0 N–H and O–H groups in total. The van der Waals surface area contributed by atoms with Crippen LogP contribution in [0.3, 0.4) is 0 Å². The van der Waals surface area contributed by atoms with Gasteiger partial charge in [0, 0.05) is 6.04 Å². The van der Waals surface area contributed by atoms with E-state index in [1.165, 1.54) is 17.5 Å². The van der Waals surface area contributed by atoms with Crippen LogP contribution in [0, 0.1) is 6.92 Å². The molecule has 15 heavy (non-hydrogen) atoms. The van der Waals surface area contributed by atoms with Crippen LogP contribution in [0.15, 0.2) is 24.3 Å². The Balaban J connectivity index is 2.86. The monoisotopic (exact) mass is 205 g/mol. The predicted molar refractivity (Wildman–Crippen MR) is 67.1 cm³/mol. The van der Waals surface area contributed by atoms with Crippen molar-refractivity contribution in [3.63, 3.8) is 0 Å². The van der Waals surface area contributed by atoms with Gasteiger partial charge >= 0.3 is 0 Å². The van der Waals surface area contributed by atoms with Gasteiger partial charge in [0.2, 0.25) is 0 Å². The molecule has 1 heteroatoms. The van der Waals surface area contributed by atoms with Crippen LogP contribution in [0.25, 0.3) is 0 Å². The summed E-state index contributed by atoms with van der Waals surface area (Å²) in [6.07, 6.45) is 1.19. The third-order valence-corrected chi connectivity index (χ3v) is 3.10. The second-order valence-corrected chi connectivity index (χ2v) is 4.06. The van der Waals surface area contributed by atoms with Crippen LogP contribution in [0.2, 0.25) is 0 Å². The Kier molecular flexibility index (Phi) is 4.83. The van der Waals surface area contributed by atoms with Gasteiger partial charge in [-0.15, -0.1) is 0 Å². The van der Waals surface area contributed by atoms with Crippen molar-refractivity contribution in [1.29, 1.82) is 0 Å². The zero-order chi connectivity index (χ0) is 11.3. The molecule has 0 amide bonds. The van der Waals surface area contributed by atoms with E-state index in [0.29, 0.717) is 6.04 Å². The number of hydrogen-bond donors (Lipinski definition) is 0. The van der Waals surface area contributed by atoms with Gasteiger partial charge in [-0.05, 0) is 32.0 Å². The lowest BCUT2D eigenvalue weighted by Crippen LogP contribution is -2.27. The summed E-state index contributed by atoms with van der Waals surface area (Å²) >= 11 is 0. The fourth-order valence-electron chi connectivity index (χ4n) is 2.16. The quantitative estimate of drug-likeness (QED) is 0.707. The molecular weight excluding hydrogens is 182 g/mol. The molecule has 0 aliphatic rings. The molecule has 0 heterocycles. The molecule has 1 nitrogen and oxygen atoms in total. The Morgan fingerprint density at radius 2 is 1.53 bits per heavy atom. The number of hydrogen-bond acceptors (Lipinski definition) is 1. The summed E-state index contributed by atoms with van der Waals surface area (Å²) < 4.78 is 0. The largest absolute Gasteiger partial charge is 0.297 e. The summed E-state index contributed by atoms with van der Waals surface area (Å²) in [5, 5.41) is 0. The van der Waals surface area contributed by atoms with Gasteiger partial charge in [-0.3, -0.25) is 4.90 Å². The molecule has 1 aromatic carbocycles. The van der Waals surface area contributed by atoms with Gasteiger partial charge in [-0.2, -0.15) is 0 Å². The Bertz CT molecular complexity index is 272. The van der Waals surface area contributed by atoms with Crippen LogP contribution in [-0.4, -0.2) is 18.0 Å². The van der Waals surface area contributed by atoms with Crippen LogP contribution < -0.4 is 0 Å². The number of aryl methyl sites for hydroxylation is 1.